The number of nitrogens with one attached hydrogen (secondary N) is 2. The summed E-state index contributed by atoms with van der Waals surface area (Å²) < 4.78 is 5.93. The van der Waals surface area contributed by atoms with Gasteiger partial charge < -0.3 is 15.5 Å². The van der Waals surface area contributed by atoms with Crippen molar-refractivity contribution in [3.8, 4) is 11.5 Å². The lowest BCUT2D eigenvalue weighted by molar-refractivity contribution is -0.119. The van der Waals surface area contributed by atoms with Gasteiger partial charge >= 0.3 is 0 Å². The van der Waals surface area contributed by atoms with Crippen LogP contribution in [0.15, 0.2) is 52.9 Å². The first-order valence-corrected chi connectivity index (χ1v) is 8.86. The van der Waals surface area contributed by atoms with Crippen LogP contribution in [0.1, 0.15) is 20.8 Å². The standard InChI is InChI=1S/C21H22N4O2/c1-21(2,3)19(22)20(26)23-13-8-9-15-14(11-13)18(25-24-15)17-10-12-6-4-5-7-16(12)27-17/h4-11,19H,22H2,1-3H3,(H,23,26)(H,24,25)/t19-/m0/s1. The second kappa shape index (κ2) is 6.25. The molecule has 0 aliphatic rings. The second-order valence-electron chi connectivity index (χ2n) is 7.81. The van der Waals surface area contributed by atoms with Crippen LogP contribution in [0.5, 0.6) is 0 Å². The van der Waals surface area contributed by atoms with Crippen molar-refractivity contribution in [1.82, 2.24) is 10.2 Å². The van der Waals surface area contributed by atoms with Crippen molar-refractivity contribution >= 4 is 33.5 Å². The predicted octanol–water partition coefficient (Wildman–Crippen LogP) is 4.29. The number of benzene rings is 2. The Morgan fingerprint density at radius 1 is 1.19 bits per heavy atom. The number of para-hydroxylation sites is 1. The smallest absolute Gasteiger partial charge is 0.241 e. The summed E-state index contributed by atoms with van der Waals surface area (Å²) in [5.41, 5.74) is 8.79. The SMILES string of the molecule is CC(C)(C)[C@@H](N)C(=O)Nc1ccc2[nH]nc(-c3cc4ccccc4o3)c2c1. The zero-order valence-electron chi connectivity index (χ0n) is 15.5. The summed E-state index contributed by atoms with van der Waals surface area (Å²) in [5.74, 6) is 0.466. The second-order valence-corrected chi connectivity index (χ2v) is 7.81. The van der Waals surface area contributed by atoms with Crippen molar-refractivity contribution in [2.45, 2.75) is 26.8 Å². The van der Waals surface area contributed by atoms with Gasteiger partial charge in [0.25, 0.3) is 0 Å². The first-order chi connectivity index (χ1) is 12.8. The molecule has 2 heterocycles. The number of anilines is 1. The van der Waals surface area contributed by atoms with E-state index < -0.39 is 6.04 Å². The summed E-state index contributed by atoms with van der Waals surface area (Å²) in [6.45, 7) is 5.82. The summed E-state index contributed by atoms with van der Waals surface area (Å²) in [4.78, 5) is 12.4. The molecule has 0 spiro atoms. The van der Waals surface area contributed by atoms with Gasteiger partial charge in [-0.3, -0.25) is 9.89 Å². The number of carbonyl (C=O) groups excluding carboxylic acids is 1. The van der Waals surface area contributed by atoms with Crippen LogP contribution < -0.4 is 11.1 Å². The molecule has 0 aliphatic heterocycles. The fraction of sp³-hybridized carbons (Fsp3) is 0.238. The number of nitrogens with zero attached hydrogens (tertiary/aromatic N) is 1. The number of amides is 1. The molecule has 138 valence electrons. The van der Waals surface area contributed by atoms with Crippen LogP contribution in [0, 0.1) is 5.41 Å². The molecule has 4 rings (SSSR count). The molecule has 0 radical (unpaired) electrons. The molecule has 1 atom stereocenters. The Balaban J connectivity index is 1.70. The van der Waals surface area contributed by atoms with Gasteiger partial charge in [0.1, 0.15) is 11.3 Å². The van der Waals surface area contributed by atoms with Crippen molar-refractivity contribution in [3.05, 3.63) is 48.5 Å². The zero-order valence-corrected chi connectivity index (χ0v) is 15.5. The molecule has 0 fully saturated rings. The monoisotopic (exact) mass is 362 g/mol. The number of nitrogens with two attached hydrogens (primary N) is 1. The highest BCUT2D eigenvalue weighted by atomic mass is 16.3. The Bertz CT molecular complexity index is 1100. The molecule has 6 heteroatoms. The number of fused-ring (bicyclic) bond motifs is 2. The molecule has 6 nitrogen and oxygen atoms in total. The van der Waals surface area contributed by atoms with Crippen molar-refractivity contribution in [3.63, 3.8) is 0 Å². The van der Waals surface area contributed by atoms with Crippen LogP contribution in [0.25, 0.3) is 33.3 Å². The highest BCUT2D eigenvalue weighted by Crippen LogP contribution is 2.32. The van der Waals surface area contributed by atoms with Crippen LogP contribution in [0.4, 0.5) is 5.69 Å². The minimum Gasteiger partial charge on any atom is -0.454 e. The lowest BCUT2D eigenvalue weighted by Crippen LogP contribution is -2.45. The molecule has 0 bridgehead atoms. The lowest BCUT2D eigenvalue weighted by atomic mass is 9.87. The largest absolute Gasteiger partial charge is 0.454 e. The maximum absolute atomic E-state index is 12.4. The Kier molecular flexibility index (Phi) is 4.00. The van der Waals surface area contributed by atoms with E-state index in [9.17, 15) is 4.79 Å². The third-order valence-corrected chi connectivity index (χ3v) is 4.70. The van der Waals surface area contributed by atoms with E-state index in [0.717, 1.165) is 21.9 Å². The first kappa shape index (κ1) is 17.3. The van der Waals surface area contributed by atoms with Crippen LogP contribution in [-0.2, 0) is 4.79 Å². The van der Waals surface area contributed by atoms with Gasteiger partial charge in [-0.2, -0.15) is 5.10 Å². The van der Waals surface area contributed by atoms with Gasteiger partial charge in [-0.15, -0.1) is 0 Å². The molecule has 1 amide bonds. The summed E-state index contributed by atoms with van der Waals surface area (Å²) in [5, 5.41) is 12.2. The van der Waals surface area contributed by atoms with Gasteiger partial charge in [0.05, 0.1) is 11.6 Å². The van der Waals surface area contributed by atoms with Gasteiger partial charge in [0, 0.05) is 16.5 Å². The van der Waals surface area contributed by atoms with Gasteiger partial charge in [-0.05, 0) is 35.7 Å². The van der Waals surface area contributed by atoms with E-state index >= 15 is 0 Å². The topological polar surface area (TPSA) is 96.9 Å². The molecule has 0 unspecified atom stereocenters. The van der Waals surface area contributed by atoms with Crippen LogP contribution in [0.3, 0.4) is 0 Å². The Morgan fingerprint density at radius 2 is 1.96 bits per heavy atom. The number of hydrogen-bond donors (Lipinski definition) is 3. The van der Waals surface area contributed by atoms with E-state index in [1.807, 2.05) is 69.3 Å². The third-order valence-electron chi connectivity index (χ3n) is 4.70. The molecule has 4 N–H and O–H groups in total. The van der Waals surface area contributed by atoms with Crippen LogP contribution in [-0.4, -0.2) is 22.1 Å². The average Bonchev–Trinajstić information content (AvgIpc) is 3.23. The zero-order chi connectivity index (χ0) is 19.2. The number of carbonyl (C=O) groups is 1. The number of hydrogen-bond acceptors (Lipinski definition) is 4. The van der Waals surface area contributed by atoms with Gasteiger partial charge in [-0.1, -0.05) is 39.0 Å². The third kappa shape index (κ3) is 3.19. The van der Waals surface area contributed by atoms with E-state index in [1.54, 1.807) is 0 Å². The first-order valence-electron chi connectivity index (χ1n) is 8.86. The van der Waals surface area contributed by atoms with E-state index in [2.05, 4.69) is 15.5 Å². The number of rotatable bonds is 3. The summed E-state index contributed by atoms with van der Waals surface area (Å²) in [7, 11) is 0. The minimum atomic E-state index is -0.604. The van der Waals surface area contributed by atoms with Crippen LogP contribution >= 0.6 is 0 Å². The minimum absolute atomic E-state index is 0.212. The van der Waals surface area contributed by atoms with Gasteiger partial charge in [0.2, 0.25) is 5.91 Å². The van der Waals surface area contributed by atoms with E-state index in [4.69, 9.17) is 10.2 Å². The number of aromatic nitrogens is 2. The van der Waals surface area contributed by atoms with Crippen molar-refractivity contribution in [2.24, 2.45) is 11.1 Å². The number of aromatic amines is 1. The molecule has 0 aliphatic carbocycles. The predicted molar refractivity (Wildman–Crippen MR) is 107 cm³/mol. The van der Waals surface area contributed by atoms with E-state index in [1.165, 1.54) is 0 Å². The maximum atomic E-state index is 12.4. The van der Waals surface area contributed by atoms with E-state index in [0.29, 0.717) is 17.1 Å². The summed E-state index contributed by atoms with van der Waals surface area (Å²) in [6.07, 6.45) is 0. The number of furan rings is 1. The van der Waals surface area contributed by atoms with E-state index in [-0.39, 0.29) is 11.3 Å². The molecular formula is C21H22N4O2. The average molecular weight is 362 g/mol. The molecular weight excluding hydrogens is 340 g/mol. The molecule has 0 saturated heterocycles. The normalized spacial score (nSPS) is 13.2. The van der Waals surface area contributed by atoms with Gasteiger partial charge in [0.15, 0.2) is 5.76 Å². The van der Waals surface area contributed by atoms with Gasteiger partial charge in [-0.25, -0.2) is 0 Å². The highest BCUT2D eigenvalue weighted by Gasteiger charge is 2.27. The molecule has 27 heavy (non-hydrogen) atoms. The lowest BCUT2D eigenvalue weighted by Gasteiger charge is -2.25. The Hall–Kier alpha value is -3.12. The molecule has 2 aromatic heterocycles. The molecule has 4 aromatic rings. The summed E-state index contributed by atoms with van der Waals surface area (Å²) >= 11 is 0. The van der Waals surface area contributed by atoms with Crippen molar-refractivity contribution in [2.75, 3.05) is 5.32 Å². The van der Waals surface area contributed by atoms with Crippen molar-refractivity contribution < 1.29 is 9.21 Å². The Morgan fingerprint density at radius 3 is 2.70 bits per heavy atom. The quantitative estimate of drug-likeness (QED) is 0.506. The Labute approximate surface area is 156 Å². The molecule has 2 aromatic carbocycles. The fourth-order valence-electron chi connectivity index (χ4n) is 2.99. The summed E-state index contributed by atoms with van der Waals surface area (Å²) in [6, 6.07) is 14.8. The fourth-order valence-corrected chi connectivity index (χ4v) is 2.99. The maximum Gasteiger partial charge on any atom is 0.241 e. The molecule has 0 saturated carbocycles. The number of H-pyrrole nitrogens is 1. The highest BCUT2D eigenvalue weighted by molar-refractivity contribution is 6.00. The van der Waals surface area contributed by atoms with Crippen LogP contribution in [0.2, 0.25) is 0 Å². The van der Waals surface area contributed by atoms with Crippen molar-refractivity contribution in [1.29, 1.82) is 0 Å².